The van der Waals surface area contributed by atoms with Gasteiger partial charge in [0.1, 0.15) is 0 Å². The Labute approximate surface area is 122 Å². The van der Waals surface area contributed by atoms with Gasteiger partial charge in [-0.15, -0.1) is 0 Å². The Morgan fingerprint density at radius 1 is 1.30 bits per heavy atom. The van der Waals surface area contributed by atoms with Gasteiger partial charge in [0.05, 0.1) is 6.54 Å². The number of guanidine groups is 1. The summed E-state index contributed by atoms with van der Waals surface area (Å²) in [6.07, 6.45) is 1.28. The fraction of sp³-hybridized carbons (Fsp3) is 0.562. The molecule has 0 radical (unpaired) electrons. The van der Waals surface area contributed by atoms with Gasteiger partial charge in [0.15, 0.2) is 5.96 Å². The van der Waals surface area contributed by atoms with Gasteiger partial charge in [0.25, 0.3) is 0 Å². The highest BCUT2D eigenvalue weighted by Crippen LogP contribution is 2.12. The lowest BCUT2D eigenvalue weighted by Gasteiger charge is -2.15. The number of aliphatic imine (C=N–C) groups is 1. The summed E-state index contributed by atoms with van der Waals surface area (Å²) >= 11 is 0. The molecule has 0 bridgehead atoms. The minimum Gasteiger partial charge on any atom is -0.357 e. The van der Waals surface area contributed by atoms with E-state index >= 15 is 0 Å². The monoisotopic (exact) mass is 274 g/mol. The van der Waals surface area contributed by atoms with Crippen LogP contribution < -0.4 is 10.6 Å². The molecule has 1 atom stereocenters. The first kappa shape index (κ1) is 14.9. The van der Waals surface area contributed by atoms with E-state index in [1.54, 1.807) is 0 Å². The van der Waals surface area contributed by atoms with Gasteiger partial charge < -0.3 is 15.5 Å². The van der Waals surface area contributed by atoms with Crippen LogP contribution in [0.4, 0.5) is 0 Å². The predicted octanol–water partition coefficient (Wildman–Crippen LogP) is 1.69. The second kappa shape index (κ2) is 7.90. The van der Waals surface area contributed by atoms with Crippen LogP contribution in [0.2, 0.25) is 0 Å². The van der Waals surface area contributed by atoms with Crippen molar-refractivity contribution in [2.24, 2.45) is 10.9 Å². The summed E-state index contributed by atoms with van der Waals surface area (Å²) in [5.74, 6) is 1.66. The van der Waals surface area contributed by atoms with Crippen molar-refractivity contribution < 1.29 is 0 Å². The number of hydrogen-bond donors (Lipinski definition) is 2. The molecule has 4 nitrogen and oxygen atoms in total. The number of nitrogens with one attached hydrogen (secondary N) is 2. The molecule has 1 aromatic carbocycles. The van der Waals surface area contributed by atoms with Gasteiger partial charge in [0.2, 0.25) is 0 Å². The average Bonchev–Trinajstić information content (AvgIpc) is 2.89. The van der Waals surface area contributed by atoms with Crippen LogP contribution in [-0.2, 0) is 6.54 Å². The van der Waals surface area contributed by atoms with Crippen molar-refractivity contribution >= 4 is 5.96 Å². The van der Waals surface area contributed by atoms with Crippen LogP contribution >= 0.6 is 0 Å². The third-order valence-corrected chi connectivity index (χ3v) is 3.65. The van der Waals surface area contributed by atoms with E-state index in [0.29, 0.717) is 0 Å². The highest BCUT2D eigenvalue weighted by Gasteiger charge is 2.19. The fourth-order valence-corrected chi connectivity index (χ4v) is 2.53. The van der Waals surface area contributed by atoms with Gasteiger partial charge >= 0.3 is 0 Å². The molecule has 2 N–H and O–H groups in total. The first-order chi connectivity index (χ1) is 9.78. The zero-order chi connectivity index (χ0) is 14.2. The minimum absolute atomic E-state index is 0.723. The summed E-state index contributed by atoms with van der Waals surface area (Å²) in [6, 6.07) is 10.4. The summed E-state index contributed by atoms with van der Waals surface area (Å²) in [7, 11) is 2.19. The van der Waals surface area contributed by atoms with Crippen LogP contribution in [0.15, 0.2) is 35.3 Å². The highest BCUT2D eigenvalue weighted by molar-refractivity contribution is 5.79. The van der Waals surface area contributed by atoms with Crippen LogP contribution in [0.5, 0.6) is 0 Å². The summed E-state index contributed by atoms with van der Waals surface area (Å²) in [5.41, 5.74) is 1.24. The van der Waals surface area contributed by atoms with Gasteiger partial charge in [-0.1, -0.05) is 30.3 Å². The number of benzene rings is 1. The maximum atomic E-state index is 4.64. The molecule has 110 valence electrons. The molecule has 0 spiro atoms. The van der Waals surface area contributed by atoms with Gasteiger partial charge in [-0.05, 0) is 38.4 Å². The molecule has 0 saturated carbocycles. The van der Waals surface area contributed by atoms with E-state index in [0.717, 1.165) is 31.5 Å². The van der Waals surface area contributed by atoms with Gasteiger partial charge in [0, 0.05) is 19.6 Å². The lowest BCUT2D eigenvalue weighted by atomic mass is 10.1. The van der Waals surface area contributed by atoms with Crippen LogP contribution in [0, 0.1) is 5.92 Å². The number of likely N-dealkylation sites (tertiary alicyclic amines) is 1. The van der Waals surface area contributed by atoms with Crippen molar-refractivity contribution in [3.63, 3.8) is 0 Å². The molecule has 1 aromatic rings. The Kier molecular flexibility index (Phi) is 5.87. The lowest BCUT2D eigenvalue weighted by Crippen LogP contribution is -2.40. The molecule has 0 aliphatic carbocycles. The second-order valence-electron chi connectivity index (χ2n) is 5.48. The standard InChI is InChI=1S/C16H26N4/c1-3-17-16(18-11-14-7-5-4-6-8-14)19-12-15-9-10-20(2)13-15/h4-8,15H,3,9-13H2,1-2H3,(H2,17,18,19). The SMILES string of the molecule is CCNC(=NCc1ccccc1)NCC1CCN(C)C1. The number of hydrogen-bond acceptors (Lipinski definition) is 2. The zero-order valence-corrected chi connectivity index (χ0v) is 12.6. The van der Waals surface area contributed by atoms with Gasteiger partial charge in [-0.25, -0.2) is 4.99 Å². The predicted molar refractivity (Wildman–Crippen MR) is 84.9 cm³/mol. The highest BCUT2D eigenvalue weighted by atomic mass is 15.2. The van der Waals surface area contributed by atoms with E-state index in [4.69, 9.17) is 0 Å². The smallest absolute Gasteiger partial charge is 0.191 e. The van der Waals surface area contributed by atoms with Crippen LogP contribution in [0.3, 0.4) is 0 Å². The van der Waals surface area contributed by atoms with E-state index in [1.165, 1.54) is 25.1 Å². The lowest BCUT2D eigenvalue weighted by molar-refractivity contribution is 0.394. The maximum absolute atomic E-state index is 4.64. The molecule has 1 unspecified atom stereocenters. The summed E-state index contributed by atoms with van der Waals surface area (Å²) in [4.78, 5) is 7.03. The molecular weight excluding hydrogens is 248 g/mol. The molecule has 2 rings (SSSR count). The summed E-state index contributed by atoms with van der Waals surface area (Å²) < 4.78 is 0. The molecule has 1 aliphatic rings. The molecule has 0 amide bonds. The van der Waals surface area contributed by atoms with Crippen LogP contribution in [0.1, 0.15) is 18.9 Å². The van der Waals surface area contributed by atoms with Crippen molar-refractivity contribution in [1.82, 2.24) is 15.5 Å². The molecule has 1 heterocycles. The second-order valence-corrected chi connectivity index (χ2v) is 5.48. The minimum atomic E-state index is 0.723. The van der Waals surface area contributed by atoms with E-state index in [1.807, 2.05) is 6.07 Å². The maximum Gasteiger partial charge on any atom is 0.191 e. The molecule has 1 fully saturated rings. The number of rotatable bonds is 5. The molecule has 1 aliphatic heterocycles. The Hall–Kier alpha value is -1.55. The fourth-order valence-electron chi connectivity index (χ4n) is 2.53. The van der Waals surface area contributed by atoms with Crippen molar-refractivity contribution in [2.75, 3.05) is 33.2 Å². The molecule has 20 heavy (non-hydrogen) atoms. The normalized spacial score (nSPS) is 20.1. The van der Waals surface area contributed by atoms with Gasteiger partial charge in [-0.3, -0.25) is 0 Å². The molecule has 4 heteroatoms. The zero-order valence-electron chi connectivity index (χ0n) is 12.6. The van der Waals surface area contributed by atoms with Crippen molar-refractivity contribution in [3.8, 4) is 0 Å². The summed E-state index contributed by atoms with van der Waals surface area (Å²) in [6.45, 7) is 7.12. The third kappa shape index (κ3) is 4.85. The quantitative estimate of drug-likeness (QED) is 0.634. The third-order valence-electron chi connectivity index (χ3n) is 3.65. The van der Waals surface area contributed by atoms with E-state index in [-0.39, 0.29) is 0 Å². The van der Waals surface area contributed by atoms with Crippen LogP contribution in [-0.4, -0.2) is 44.1 Å². The van der Waals surface area contributed by atoms with Crippen molar-refractivity contribution in [3.05, 3.63) is 35.9 Å². The van der Waals surface area contributed by atoms with E-state index < -0.39 is 0 Å². The molecule has 0 aromatic heterocycles. The Morgan fingerprint density at radius 3 is 2.75 bits per heavy atom. The van der Waals surface area contributed by atoms with Gasteiger partial charge in [-0.2, -0.15) is 0 Å². The average molecular weight is 274 g/mol. The topological polar surface area (TPSA) is 39.7 Å². The molecule has 1 saturated heterocycles. The van der Waals surface area contributed by atoms with Crippen molar-refractivity contribution in [2.45, 2.75) is 19.9 Å². The summed E-state index contributed by atoms with van der Waals surface area (Å²) in [5, 5.41) is 6.78. The molecular formula is C16H26N4. The first-order valence-corrected chi connectivity index (χ1v) is 7.52. The van der Waals surface area contributed by atoms with E-state index in [2.05, 4.69) is 58.8 Å². The number of nitrogens with zero attached hydrogens (tertiary/aromatic N) is 2. The van der Waals surface area contributed by atoms with Crippen LogP contribution in [0.25, 0.3) is 0 Å². The Morgan fingerprint density at radius 2 is 2.10 bits per heavy atom. The van der Waals surface area contributed by atoms with Crippen molar-refractivity contribution in [1.29, 1.82) is 0 Å². The Bertz CT molecular complexity index is 416. The Balaban J connectivity index is 1.83. The largest absolute Gasteiger partial charge is 0.357 e. The first-order valence-electron chi connectivity index (χ1n) is 7.52. The van der Waals surface area contributed by atoms with E-state index in [9.17, 15) is 0 Å².